The molecule has 0 amide bonds. The van der Waals surface area contributed by atoms with Gasteiger partial charge >= 0.3 is 0 Å². The number of allylic oxidation sites excluding steroid dienone is 2. The maximum atomic E-state index is 5.31. The molecule has 4 aromatic heterocycles. The smallest absolute Gasteiger partial charge is 0.162 e. The Morgan fingerprint density at radius 1 is 0.612 bits per heavy atom. The minimum atomic E-state index is 0.0798. The summed E-state index contributed by atoms with van der Waals surface area (Å²) in [5.41, 5.74) is 10.6. The highest BCUT2D eigenvalue weighted by Crippen LogP contribution is 2.52. The number of aliphatic imine (C=N–C) groups is 1. The second-order valence-electron chi connectivity index (χ2n) is 13.2. The van der Waals surface area contributed by atoms with E-state index < -0.39 is 0 Å². The van der Waals surface area contributed by atoms with E-state index in [1.165, 1.54) is 80.3 Å². The van der Waals surface area contributed by atoms with Crippen LogP contribution in [-0.2, 0) is 0 Å². The van der Waals surface area contributed by atoms with Crippen molar-refractivity contribution in [1.82, 2.24) is 8.97 Å². The number of nitrogens with one attached hydrogen (secondary N) is 1. The van der Waals surface area contributed by atoms with Crippen molar-refractivity contribution in [3.63, 3.8) is 0 Å². The van der Waals surface area contributed by atoms with E-state index >= 15 is 0 Å². The first-order chi connectivity index (χ1) is 24.3. The van der Waals surface area contributed by atoms with Crippen LogP contribution in [0.15, 0.2) is 151 Å². The predicted molar refractivity (Wildman–Crippen MR) is 209 cm³/mol. The molecule has 4 nitrogen and oxygen atoms in total. The highest BCUT2D eigenvalue weighted by Gasteiger charge is 2.30. The lowest BCUT2D eigenvalue weighted by molar-refractivity contribution is 1.11. The van der Waals surface area contributed by atoms with Gasteiger partial charge in [-0.1, -0.05) is 97.1 Å². The molecule has 1 unspecified atom stereocenters. The number of benzene rings is 6. The highest BCUT2D eigenvalue weighted by molar-refractivity contribution is 7.26. The van der Waals surface area contributed by atoms with Gasteiger partial charge < -0.3 is 9.88 Å². The average molecular weight is 643 g/mol. The van der Waals surface area contributed by atoms with E-state index in [0.717, 1.165) is 22.9 Å². The second-order valence-corrected chi connectivity index (χ2v) is 14.3. The first-order valence-electron chi connectivity index (χ1n) is 16.8. The van der Waals surface area contributed by atoms with E-state index in [9.17, 15) is 0 Å². The molecule has 1 N–H and O–H groups in total. The van der Waals surface area contributed by atoms with Crippen molar-refractivity contribution in [2.45, 2.75) is 6.04 Å². The Balaban J connectivity index is 1.23. The van der Waals surface area contributed by atoms with Crippen molar-refractivity contribution < 1.29 is 0 Å². The van der Waals surface area contributed by atoms with Gasteiger partial charge in [0.1, 0.15) is 0 Å². The van der Waals surface area contributed by atoms with Crippen molar-refractivity contribution in [2.24, 2.45) is 4.99 Å². The lowest BCUT2D eigenvalue weighted by atomic mass is 9.97. The quantitative estimate of drug-likeness (QED) is 0.200. The van der Waals surface area contributed by atoms with E-state index in [1.54, 1.807) is 0 Å². The van der Waals surface area contributed by atoms with Crippen LogP contribution >= 0.6 is 11.3 Å². The van der Waals surface area contributed by atoms with Crippen molar-refractivity contribution in [3.05, 3.63) is 146 Å². The largest absolute Gasteiger partial charge is 0.370 e. The lowest BCUT2D eigenvalue weighted by Crippen LogP contribution is -2.29. The molecule has 5 heterocycles. The number of anilines is 1. The molecular formula is C44H26N4S. The molecule has 0 saturated carbocycles. The van der Waals surface area contributed by atoms with Gasteiger partial charge in [-0.25, -0.2) is 4.99 Å². The van der Waals surface area contributed by atoms with Crippen LogP contribution in [0.2, 0.25) is 0 Å². The average Bonchev–Trinajstić information content (AvgIpc) is 3.89. The minimum absolute atomic E-state index is 0.0798. The fourth-order valence-electron chi connectivity index (χ4n) is 8.62. The molecule has 228 valence electrons. The topological polar surface area (TPSA) is 33.7 Å². The Morgan fingerprint density at radius 2 is 1.45 bits per heavy atom. The zero-order valence-electron chi connectivity index (χ0n) is 26.2. The van der Waals surface area contributed by atoms with E-state index in [0.29, 0.717) is 0 Å². The number of rotatable bonds is 2. The normalized spacial score (nSPS) is 15.7. The molecule has 0 saturated heterocycles. The Kier molecular flexibility index (Phi) is 4.88. The van der Waals surface area contributed by atoms with Crippen LogP contribution < -0.4 is 5.32 Å². The Hall–Kier alpha value is -6.17. The third-order valence-corrected chi connectivity index (χ3v) is 11.7. The number of hydrogen-bond donors (Lipinski definition) is 1. The zero-order valence-corrected chi connectivity index (χ0v) is 27.0. The molecule has 1 atom stereocenters. The van der Waals surface area contributed by atoms with E-state index in [2.05, 4.69) is 160 Å². The fraction of sp³-hybridized carbons (Fsp3) is 0.0227. The van der Waals surface area contributed by atoms with Crippen LogP contribution in [-0.4, -0.2) is 20.7 Å². The SMILES string of the molecule is C1=CC2=Nc3c(c4cc5sc6ccccc6c5c5c6cc(-c7cccc8c9ccccc9n(-c9ccccc9)c78)ccc6n3c45)NC2C=C1. The first kappa shape index (κ1) is 25.9. The molecule has 49 heavy (non-hydrogen) atoms. The Bertz CT molecular complexity index is 3130. The van der Waals surface area contributed by atoms with Crippen LogP contribution in [0.25, 0.3) is 86.0 Å². The molecule has 2 aliphatic rings. The maximum absolute atomic E-state index is 5.31. The molecule has 12 rings (SSSR count). The van der Waals surface area contributed by atoms with Crippen LogP contribution in [0.4, 0.5) is 11.5 Å². The summed E-state index contributed by atoms with van der Waals surface area (Å²) in [6, 6.07) is 44.7. The van der Waals surface area contributed by atoms with Crippen LogP contribution in [0.5, 0.6) is 0 Å². The highest BCUT2D eigenvalue weighted by atomic mass is 32.1. The number of thiophene rings is 1. The Morgan fingerprint density at radius 3 is 2.39 bits per heavy atom. The van der Waals surface area contributed by atoms with Gasteiger partial charge in [-0.05, 0) is 54.1 Å². The first-order valence-corrected chi connectivity index (χ1v) is 17.6. The molecule has 6 aromatic carbocycles. The Labute approximate surface area is 284 Å². The van der Waals surface area contributed by atoms with E-state index in [4.69, 9.17) is 4.99 Å². The van der Waals surface area contributed by atoms with E-state index in [1.807, 2.05) is 11.3 Å². The molecule has 5 heteroatoms. The summed E-state index contributed by atoms with van der Waals surface area (Å²) in [5, 5.41) is 12.8. The van der Waals surface area contributed by atoms with Gasteiger partial charge in [-0.2, -0.15) is 0 Å². The van der Waals surface area contributed by atoms with Gasteiger partial charge in [0.15, 0.2) is 5.82 Å². The zero-order chi connectivity index (χ0) is 31.8. The van der Waals surface area contributed by atoms with Crippen LogP contribution in [0.1, 0.15) is 0 Å². The molecule has 1 aliphatic carbocycles. The monoisotopic (exact) mass is 642 g/mol. The van der Waals surface area contributed by atoms with E-state index in [-0.39, 0.29) is 6.04 Å². The molecule has 0 spiro atoms. The minimum Gasteiger partial charge on any atom is -0.370 e. The summed E-state index contributed by atoms with van der Waals surface area (Å²) in [6.45, 7) is 0. The standard InChI is InChI=1S/C44H26N4S/c1-2-11-26(12-3-1)47-35-19-8-4-13-28(35)29-16-10-15-27(42(29)47)25-21-22-36-31(23-25)40-39-30-14-5-9-20-37(30)49-38(39)24-32-41-44(48(36)43(32)40)46-34-18-7-6-17-33(34)45-41/h1-24,33,45H. The summed E-state index contributed by atoms with van der Waals surface area (Å²) in [5.74, 6) is 0.988. The molecule has 0 radical (unpaired) electrons. The summed E-state index contributed by atoms with van der Waals surface area (Å²) < 4.78 is 7.47. The molecule has 0 bridgehead atoms. The van der Waals surface area contributed by atoms with Gasteiger partial charge in [0, 0.05) is 58.4 Å². The molecule has 1 aliphatic heterocycles. The van der Waals surface area contributed by atoms with Crippen molar-refractivity contribution in [1.29, 1.82) is 0 Å². The molecule has 0 fully saturated rings. The van der Waals surface area contributed by atoms with Crippen LogP contribution in [0, 0.1) is 0 Å². The number of aromatic nitrogens is 2. The summed E-state index contributed by atoms with van der Waals surface area (Å²) >= 11 is 1.88. The van der Waals surface area contributed by atoms with Crippen molar-refractivity contribution in [3.8, 4) is 16.8 Å². The van der Waals surface area contributed by atoms with Crippen molar-refractivity contribution >= 4 is 97.7 Å². The summed E-state index contributed by atoms with van der Waals surface area (Å²) in [7, 11) is 0. The third kappa shape index (κ3) is 3.30. The maximum Gasteiger partial charge on any atom is 0.162 e. The fourth-order valence-corrected chi connectivity index (χ4v) is 9.77. The van der Waals surface area contributed by atoms with Gasteiger partial charge in [-0.3, -0.25) is 4.40 Å². The second kappa shape index (κ2) is 9.25. The van der Waals surface area contributed by atoms with Gasteiger partial charge in [0.2, 0.25) is 0 Å². The van der Waals surface area contributed by atoms with Crippen LogP contribution in [0.3, 0.4) is 0 Å². The molecular weight excluding hydrogens is 617 g/mol. The lowest BCUT2D eigenvalue weighted by Gasteiger charge is -2.23. The number of nitrogens with zero attached hydrogens (tertiary/aromatic N) is 3. The third-order valence-electron chi connectivity index (χ3n) is 10.6. The number of fused-ring (bicyclic) bond motifs is 14. The number of para-hydroxylation sites is 3. The van der Waals surface area contributed by atoms with Gasteiger partial charge in [-0.15, -0.1) is 11.3 Å². The molecule has 10 aromatic rings. The summed E-state index contributed by atoms with van der Waals surface area (Å²) in [4.78, 5) is 5.31. The predicted octanol–water partition coefficient (Wildman–Crippen LogP) is 11.8. The van der Waals surface area contributed by atoms with Gasteiger partial charge in [0.05, 0.1) is 39.5 Å². The van der Waals surface area contributed by atoms with Crippen molar-refractivity contribution in [2.75, 3.05) is 5.32 Å². The summed E-state index contributed by atoms with van der Waals surface area (Å²) in [6.07, 6.45) is 8.52. The number of hydrogen-bond acceptors (Lipinski definition) is 3. The van der Waals surface area contributed by atoms with Gasteiger partial charge in [0.25, 0.3) is 0 Å².